The summed E-state index contributed by atoms with van der Waals surface area (Å²) in [7, 11) is 1.64. The van der Waals surface area contributed by atoms with Crippen LogP contribution in [0.25, 0.3) is 6.08 Å². The number of halogens is 1. The van der Waals surface area contributed by atoms with E-state index >= 15 is 0 Å². The van der Waals surface area contributed by atoms with Gasteiger partial charge in [0.05, 0.1) is 18.2 Å². The second-order valence-electron chi connectivity index (χ2n) is 3.21. The lowest BCUT2D eigenvalue weighted by molar-refractivity contribution is 0.329. The van der Waals surface area contributed by atoms with E-state index in [4.69, 9.17) is 9.84 Å². The summed E-state index contributed by atoms with van der Waals surface area (Å²) >= 11 is 3.42. The average Bonchev–Trinajstić information content (AvgIpc) is 2.26. The van der Waals surface area contributed by atoms with Gasteiger partial charge in [-0.15, -0.1) is 0 Å². The molecule has 0 saturated heterocycles. The molecule has 0 heterocycles. The molecule has 0 radical (unpaired) electrons. The van der Waals surface area contributed by atoms with Gasteiger partial charge in [0, 0.05) is 0 Å². The number of hydrogen-bond donors (Lipinski definition) is 1. The van der Waals surface area contributed by atoms with Crippen molar-refractivity contribution in [2.45, 2.75) is 13.3 Å². The standard InChI is InChI=1S/C12H15BrO2/c1-3-9(8-14)6-10-4-5-12(15-2)11(13)7-10/h4-7,14H,3,8H2,1-2H3. The van der Waals surface area contributed by atoms with E-state index in [0.717, 1.165) is 27.8 Å². The fourth-order valence-electron chi connectivity index (χ4n) is 1.27. The van der Waals surface area contributed by atoms with Crippen LogP contribution in [-0.2, 0) is 0 Å². The van der Waals surface area contributed by atoms with Gasteiger partial charge in [-0.3, -0.25) is 0 Å². The lowest BCUT2D eigenvalue weighted by Gasteiger charge is -2.05. The summed E-state index contributed by atoms with van der Waals surface area (Å²) in [6.07, 6.45) is 2.85. The molecule has 0 saturated carbocycles. The molecule has 0 spiro atoms. The topological polar surface area (TPSA) is 29.5 Å². The summed E-state index contributed by atoms with van der Waals surface area (Å²) in [5, 5.41) is 9.05. The Balaban J connectivity index is 2.97. The monoisotopic (exact) mass is 270 g/mol. The van der Waals surface area contributed by atoms with Gasteiger partial charge < -0.3 is 9.84 Å². The molecule has 3 heteroatoms. The Bertz CT molecular complexity index is 353. The molecule has 0 fully saturated rings. The quantitative estimate of drug-likeness (QED) is 0.910. The molecule has 1 rings (SSSR count). The lowest BCUT2D eigenvalue weighted by Crippen LogP contribution is -1.89. The minimum Gasteiger partial charge on any atom is -0.496 e. The highest BCUT2D eigenvalue weighted by atomic mass is 79.9. The Hall–Kier alpha value is -0.800. The number of methoxy groups -OCH3 is 1. The fourth-order valence-corrected chi connectivity index (χ4v) is 1.83. The third-order valence-corrected chi connectivity index (χ3v) is 2.82. The first-order chi connectivity index (χ1) is 7.21. The molecule has 0 aliphatic carbocycles. The summed E-state index contributed by atoms with van der Waals surface area (Å²) in [6, 6.07) is 5.85. The zero-order valence-electron chi connectivity index (χ0n) is 8.96. The van der Waals surface area contributed by atoms with Crippen LogP contribution < -0.4 is 4.74 Å². The van der Waals surface area contributed by atoms with Crippen LogP contribution >= 0.6 is 15.9 Å². The van der Waals surface area contributed by atoms with Gasteiger partial charge in [-0.05, 0) is 45.6 Å². The van der Waals surface area contributed by atoms with Gasteiger partial charge in [0.15, 0.2) is 0 Å². The molecular weight excluding hydrogens is 256 g/mol. The molecule has 0 aromatic heterocycles. The van der Waals surface area contributed by atoms with Crippen molar-refractivity contribution in [2.75, 3.05) is 13.7 Å². The zero-order valence-corrected chi connectivity index (χ0v) is 10.5. The molecular formula is C12H15BrO2. The first kappa shape index (κ1) is 12.3. The number of benzene rings is 1. The van der Waals surface area contributed by atoms with Crippen LogP contribution in [0.3, 0.4) is 0 Å². The maximum Gasteiger partial charge on any atom is 0.133 e. The molecule has 0 unspecified atom stereocenters. The van der Waals surface area contributed by atoms with Gasteiger partial charge in [0.1, 0.15) is 5.75 Å². The summed E-state index contributed by atoms with van der Waals surface area (Å²) in [6.45, 7) is 2.14. The Morgan fingerprint density at radius 3 is 2.73 bits per heavy atom. The fraction of sp³-hybridized carbons (Fsp3) is 0.333. The maximum atomic E-state index is 9.05. The summed E-state index contributed by atoms with van der Waals surface area (Å²) in [5.41, 5.74) is 2.08. The zero-order chi connectivity index (χ0) is 11.3. The van der Waals surface area contributed by atoms with Crippen LogP contribution in [0.5, 0.6) is 5.75 Å². The SMILES string of the molecule is CCC(=Cc1ccc(OC)c(Br)c1)CO. The second-order valence-corrected chi connectivity index (χ2v) is 4.06. The van der Waals surface area contributed by atoms with Crippen molar-refractivity contribution in [3.05, 3.63) is 33.8 Å². The van der Waals surface area contributed by atoms with Crippen molar-refractivity contribution in [3.8, 4) is 5.75 Å². The van der Waals surface area contributed by atoms with E-state index in [2.05, 4.69) is 15.9 Å². The predicted molar refractivity (Wildman–Crippen MR) is 66.0 cm³/mol. The minimum absolute atomic E-state index is 0.111. The van der Waals surface area contributed by atoms with Crippen LogP contribution in [0, 0.1) is 0 Å². The Morgan fingerprint density at radius 2 is 2.27 bits per heavy atom. The number of aliphatic hydroxyl groups excluding tert-OH is 1. The van der Waals surface area contributed by atoms with Crippen molar-refractivity contribution in [1.29, 1.82) is 0 Å². The van der Waals surface area contributed by atoms with Gasteiger partial charge in [0.2, 0.25) is 0 Å². The molecule has 1 N–H and O–H groups in total. The van der Waals surface area contributed by atoms with Crippen LogP contribution in [0.4, 0.5) is 0 Å². The van der Waals surface area contributed by atoms with Crippen molar-refractivity contribution < 1.29 is 9.84 Å². The minimum atomic E-state index is 0.111. The molecule has 0 amide bonds. The Kier molecular flexibility index (Phi) is 4.85. The number of hydrogen-bond acceptors (Lipinski definition) is 2. The van der Waals surface area contributed by atoms with E-state index < -0.39 is 0 Å². The largest absolute Gasteiger partial charge is 0.496 e. The molecule has 0 atom stereocenters. The maximum absolute atomic E-state index is 9.05. The average molecular weight is 271 g/mol. The molecule has 1 aromatic carbocycles. The molecule has 0 bridgehead atoms. The van der Waals surface area contributed by atoms with Crippen LogP contribution in [0.1, 0.15) is 18.9 Å². The van der Waals surface area contributed by atoms with E-state index in [-0.39, 0.29) is 6.61 Å². The molecule has 1 aromatic rings. The van der Waals surface area contributed by atoms with Crippen LogP contribution in [0.2, 0.25) is 0 Å². The smallest absolute Gasteiger partial charge is 0.133 e. The molecule has 15 heavy (non-hydrogen) atoms. The molecule has 0 aliphatic heterocycles. The Morgan fingerprint density at radius 1 is 1.53 bits per heavy atom. The van der Waals surface area contributed by atoms with E-state index in [1.807, 2.05) is 31.2 Å². The number of ether oxygens (including phenoxy) is 1. The summed E-state index contributed by atoms with van der Waals surface area (Å²) in [4.78, 5) is 0. The van der Waals surface area contributed by atoms with Crippen molar-refractivity contribution in [1.82, 2.24) is 0 Å². The van der Waals surface area contributed by atoms with E-state index in [0.29, 0.717) is 0 Å². The first-order valence-electron chi connectivity index (χ1n) is 4.85. The van der Waals surface area contributed by atoms with E-state index in [1.54, 1.807) is 7.11 Å². The molecule has 0 aliphatic rings. The molecule has 82 valence electrons. The van der Waals surface area contributed by atoms with E-state index in [9.17, 15) is 0 Å². The number of rotatable bonds is 4. The highest BCUT2D eigenvalue weighted by molar-refractivity contribution is 9.10. The third-order valence-electron chi connectivity index (χ3n) is 2.20. The van der Waals surface area contributed by atoms with Gasteiger partial charge >= 0.3 is 0 Å². The van der Waals surface area contributed by atoms with Gasteiger partial charge in [-0.25, -0.2) is 0 Å². The van der Waals surface area contributed by atoms with Crippen molar-refractivity contribution >= 4 is 22.0 Å². The van der Waals surface area contributed by atoms with Gasteiger partial charge in [-0.1, -0.05) is 19.1 Å². The summed E-state index contributed by atoms with van der Waals surface area (Å²) in [5.74, 6) is 0.814. The van der Waals surface area contributed by atoms with Crippen molar-refractivity contribution in [2.24, 2.45) is 0 Å². The molecule has 2 nitrogen and oxygen atoms in total. The van der Waals surface area contributed by atoms with Crippen molar-refractivity contribution in [3.63, 3.8) is 0 Å². The lowest BCUT2D eigenvalue weighted by atomic mass is 10.1. The number of aliphatic hydroxyl groups is 1. The summed E-state index contributed by atoms with van der Waals surface area (Å²) < 4.78 is 6.06. The van der Waals surface area contributed by atoms with Crippen LogP contribution in [-0.4, -0.2) is 18.8 Å². The Labute approximate surface area is 98.7 Å². The highest BCUT2D eigenvalue weighted by Crippen LogP contribution is 2.26. The van der Waals surface area contributed by atoms with Crippen LogP contribution in [0.15, 0.2) is 28.2 Å². The normalized spacial score (nSPS) is 11.6. The van der Waals surface area contributed by atoms with Gasteiger partial charge in [-0.2, -0.15) is 0 Å². The second kappa shape index (κ2) is 5.93. The third kappa shape index (κ3) is 3.36. The highest BCUT2D eigenvalue weighted by Gasteiger charge is 2.00. The first-order valence-corrected chi connectivity index (χ1v) is 5.64. The van der Waals surface area contributed by atoms with Gasteiger partial charge in [0.25, 0.3) is 0 Å². The van der Waals surface area contributed by atoms with E-state index in [1.165, 1.54) is 0 Å². The predicted octanol–water partition coefficient (Wildman–Crippen LogP) is 3.24.